The van der Waals surface area contributed by atoms with Crippen LogP contribution in [0.15, 0.2) is 4.99 Å². The number of hydrogen-bond acceptors (Lipinski definition) is 3. The summed E-state index contributed by atoms with van der Waals surface area (Å²) < 4.78 is 5.37. The molecule has 0 radical (unpaired) electrons. The molecule has 5 heteroatoms. The molecule has 0 amide bonds. The number of ether oxygens (including phenoxy) is 1. The number of aliphatic imine (C=N–C) groups is 1. The number of nitriles is 1. The molecule has 0 aromatic heterocycles. The van der Waals surface area contributed by atoms with Gasteiger partial charge >= 0.3 is 0 Å². The molecule has 128 valence electrons. The highest BCUT2D eigenvalue weighted by Gasteiger charge is 2.34. The molecule has 0 rings (SSSR count). The van der Waals surface area contributed by atoms with Crippen LogP contribution in [0, 0.1) is 11.5 Å². The van der Waals surface area contributed by atoms with Gasteiger partial charge in [0.15, 0.2) is 0 Å². The maximum atomic E-state index is 7.43. The van der Waals surface area contributed by atoms with Gasteiger partial charge in [0.05, 0.1) is 37.4 Å². The lowest BCUT2D eigenvalue weighted by Crippen LogP contribution is -2.15. The van der Waals surface area contributed by atoms with Gasteiger partial charge in [0.1, 0.15) is 0 Å². The summed E-state index contributed by atoms with van der Waals surface area (Å²) in [4.78, 5) is 2.58. The van der Waals surface area contributed by atoms with Gasteiger partial charge in [-0.1, -0.05) is 40.0 Å². The first-order valence-electron chi connectivity index (χ1n) is 8.48. The van der Waals surface area contributed by atoms with Gasteiger partial charge < -0.3 is 15.1 Å². The fourth-order valence-electron chi connectivity index (χ4n) is 2.46. The first-order valence-corrected chi connectivity index (χ1v) is 11.0. The van der Waals surface area contributed by atoms with Crippen molar-refractivity contribution in [2.75, 3.05) is 38.4 Å². The Hall–Kier alpha value is -0.740. The van der Waals surface area contributed by atoms with E-state index in [1.807, 2.05) is 7.11 Å². The number of methoxy groups -OCH3 is 1. The van der Waals surface area contributed by atoms with Crippen LogP contribution in [0.5, 0.6) is 0 Å². The maximum Gasteiger partial charge on any atom is 0.0925 e. The van der Waals surface area contributed by atoms with E-state index in [0.717, 1.165) is 6.61 Å². The van der Waals surface area contributed by atoms with Gasteiger partial charge in [0.25, 0.3) is 0 Å². The predicted octanol–water partition coefficient (Wildman–Crippen LogP) is 5.26. The Kier molecular flexibility index (Phi) is 19.6. The smallest absolute Gasteiger partial charge is 0.0925 e. The van der Waals surface area contributed by atoms with Gasteiger partial charge in [-0.05, 0) is 19.3 Å². The van der Waals surface area contributed by atoms with Gasteiger partial charge in [0.2, 0.25) is 0 Å². The highest BCUT2D eigenvalue weighted by Crippen LogP contribution is 2.60. The zero-order valence-electron chi connectivity index (χ0n) is 15.0. The molecule has 0 heterocycles. The van der Waals surface area contributed by atoms with E-state index in [9.17, 15) is 0 Å². The van der Waals surface area contributed by atoms with Crippen molar-refractivity contribution in [1.29, 1.82) is 5.26 Å². The Labute approximate surface area is 138 Å². The van der Waals surface area contributed by atoms with E-state index >= 15 is 0 Å². The van der Waals surface area contributed by atoms with Gasteiger partial charge in [-0.15, -0.1) is 6.01 Å². The van der Waals surface area contributed by atoms with Gasteiger partial charge in [-0.3, -0.25) is 0 Å². The minimum Gasteiger partial charge on any atom is -0.422 e. The average molecular weight is 327 g/mol. The second-order valence-corrected chi connectivity index (χ2v) is 10.1. The molecule has 0 aliphatic carbocycles. The fourth-order valence-corrected chi connectivity index (χ4v) is 7.33. The SMILES string of the molecule is CCCC[P+](CCCC)(CCCC)CCOC.N#CN=C=[N-]. The number of nitrogens with zero attached hydrogens (tertiary/aromatic N) is 3. The zero-order valence-corrected chi connectivity index (χ0v) is 15.9. The van der Waals surface area contributed by atoms with Crippen molar-refractivity contribution in [2.45, 2.75) is 59.3 Å². The number of unbranched alkanes of at least 4 members (excludes halogenated alkanes) is 3. The molecule has 0 atom stereocenters. The first-order chi connectivity index (χ1) is 10.7. The highest BCUT2D eigenvalue weighted by molar-refractivity contribution is 7.75. The van der Waals surface area contributed by atoms with Crippen LogP contribution in [-0.2, 0) is 4.74 Å². The molecular formula is C17H34N3OP. The molecule has 0 bridgehead atoms. The lowest BCUT2D eigenvalue weighted by Gasteiger charge is -2.27. The van der Waals surface area contributed by atoms with Crippen molar-refractivity contribution < 1.29 is 4.74 Å². The molecule has 0 unspecified atom stereocenters. The minimum atomic E-state index is -0.687. The van der Waals surface area contributed by atoms with Gasteiger partial charge in [-0.2, -0.15) is 5.26 Å². The van der Waals surface area contributed by atoms with Crippen LogP contribution in [0.4, 0.5) is 0 Å². The molecule has 0 spiro atoms. The molecule has 0 aromatic rings. The fraction of sp³-hybridized carbons (Fsp3) is 0.882. The first kappa shape index (κ1) is 23.5. The summed E-state index contributed by atoms with van der Waals surface area (Å²) in [6, 6.07) is 1.28. The second kappa shape index (κ2) is 18.3. The second-order valence-electron chi connectivity index (χ2n) is 5.60. The Balaban J connectivity index is 0. The van der Waals surface area contributed by atoms with Crippen LogP contribution < -0.4 is 0 Å². The van der Waals surface area contributed by atoms with Crippen LogP contribution in [0.2, 0.25) is 0 Å². The normalized spacial score (nSPS) is 10.1. The number of hydrogen-bond donors (Lipinski definition) is 0. The minimum absolute atomic E-state index is 0.687. The quantitative estimate of drug-likeness (QED) is 0.279. The Morgan fingerprint density at radius 1 is 0.955 bits per heavy atom. The van der Waals surface area contributed by atoms with E-state index in [4.69, 9.17) is 15.4 Å². The van der Waals surface area contributed by atoms with E-state index in [2.05, 4.69) is 25.8 Å². The summed E-state index contributed by atoms with van der Waals surface area (Å²) in [5.74, 6) is 0. The van der Waals surface area contributed by atoms with E-state index < -0.39 is 7.26 Å². The third-order valence-electron chi connectivity index (χ3n) is 3.83. The summed E-state index contributed by atoms with van der Waals surface area (Å²) >= 11 is 0. The average Bonchev–Trinajstić information content (AvgIpc) is 2.55. The molecule has 4 nitrogen and oxygen atoms in total. The van der Waals surface area contributed by atoms with E-state index in [1.165, 1.54) is 75.4 Å². The summed E-state index contributed by atoms with van der Waals surface area (Å²) in [5.41, 5.74) is 0. The molecule has 0 fully saturated rings. The maximum absolute atomic E-state index is 7.43. The standard InChI is InChI=1S/C15H34OP.C2N3/c1-5-8-12-17(13-9-6-2,14-10-7-3)15-11-16-4;3-1-5-2-4/h5-15H2,1-4H3;/q+1;-1. The van der Waals surface area contributed by atoms with Crippen molar-refractivity contribution in [1.82, 2.24) is 0 Å². The summed E-state index contributed by atoms with van der Waals surface area (Å²) in [7, 11) is 1.17. The van der Waals surface area contributed by atoms with Crippen LogP contribution >= 0.6 is 7.26 Å². The molecule has 0 aliphatic rings. The van der Waals surface area contributed by atoms with Crippen LogP contribution in [0.1, 0.15) is 59.3 Å². The predicted molar refractivity (Wildman–Crippen MR) is 99.4 cm³/mol. The molecule has 0 saturated carbocycles. The monoisotopic (exact) mass is 327 g/mol. The van der Waals surface area contributed by atoms with Crippen LogP contribution in [-0.4, -0.2) is 44.4 Å². The number of rotatable bonds is 12. The van der Waals surface area contributed by atoms with Gasteiger partial charge in [-0.25, -0.2) is 0 Å². The molecule has 0 aromatic carbocycles. The Bertz CT molecular complexity index is 285. The summed E-state index contributed by atoms with van der Waals surface area (Å²) in [5, 5.41) is 14.9. The van der Waals surface area contributed by atoms with E-state index in [1.54, 1.807) is 0 Å². The van der Waals surface area contributed by atoms with Crippen molar-refractivity contribution in [3.05, 3.63) is 5.41 Å². The van der Waals surface area contributed by atoms with E-state index in [-0.39, 0.29) is 0 Å². The van der Waals surface area contributed by atoms with Crippen LogP contribution in [0.3, 0.4) is 0 Å². The van der Waals surface area contributed by atoms with Gasteiger partial charge in [0, 0.05) is 14.4 Å². The molecule has 0 saturated heterocycles. The summed E-state index contributed by atoms with van der Waals surface area (Å²) in [6.07, 6.45) is 15.6. The van der Waals surface area contributed by atoms with Crippen molar-refractivity contribution in [3.8, 4) is 6.19 Å². The van der Waals surface area contributed by atoms with Crippen molar-refractivity contribution in [2.24, 2.45) is 4.99 Å². The highest BCUT2D eigenvalue weighted by atomic mass is 31.2. The summed E-state index contributed by atoms with van der Waals surface area (Å²) in [6.45, 7) is 7.96. The zero-order chi connectivity index (χ0) is 17.1. The Morgan fingerprint density at radius 3 is 1.64 bits per heavy atom. The van der Waals surface area contributed by atoms with Crippen molar-refractivity contribution in [3.63, 3.8) is 0 Å². The third-order valence-corrected chi connectivity index (χ3v) is 8.75. The van der Waals surface area contributed by atoms with Crippen LogP contribution in [0.25, 0.3) is 5.41 Å². The molecular weight excluding hydrogens is 293 g/mol. The lowest BCUT2D eigenvalue weighted by molar-refractivity contribution is 0.217. The molecule has 0 N–H and O–H groups in total. The third kappa shape index (κ3) is 14.2. The Morgan fingerprint density at radius 2 is 1.41 bits per heavy atom. The van der Waals surface area contributed by atoms with Crippen molar-refractivity contribution >= 4 is 13.3 Å². The topological polar surface area (TPSA) is 67.7 Å². The largest absolute Gasteiger partial charge is 0.422 e. The molecule has 0 aliphatic heterocycles. The molecule has 22 heavy (non-hydrogen) atoms. The van der Waals surface area contributed by atoms with E-state index in [0.29, 0.717) is 0 Å². The lowest BCUT2D eigenvalue weighted by atomic mass is 10.4.